The van der Waals surface area contributed by atoms with Crippen molar-refractivity contribution in [2.45, 2.75) is 303 Å². The predicted molar refractivity (Wildman–Crippen MR) is 273 cm³/mol. The van der Waals surface area contributed by atoms with Crippen LogP contribution in [0.15, 0.2) is 0 Å². The molecule has 0 aliphatic rings. The molecule has 63 heavy (non-hydrogen) atoms. The molecule has 8 nitrogen and oxygen atoms in total. The molecule has 0 heterocycles. The van der Waals surface area contributed by atoms with E-state index in [1.807, 2.05) is 0 Å². The quantitative estimate of drug-likeness (QED) is 0.0451. The first-order valence-electron chi connectivity index (χ1n) is 27.5. The molecule has 372 valence electrons. The van der Waals surface area contributed by atoms with Crippen molar-refractivity contribution in [1.82, 2.24) is 16.0 Å². The van der Waals surface area contributed by atoms with E-state index in [0.717, 1.165) is 51.4 Å². The average molecular weight is 909 g/mol. The fraction of sp³-hybridized carbons (Fsp3) is 0.926. The summed E-state index contributed by atoms with van der Waals surface area (Å²) in [5.41, 5.74) is 0. The van der Waals surface area contributed by atoms with Gasteiger partial charge in [-0.15, -0.1) is 0 Å². The van der Waals surface area contributed by atoms with Gasteiger partial charge in [0.2, 0.25) is 17.7 Å². The molecule has 0 aliphatic heterocycles. The summed E-state index contributed by atoms with van der Waals surface area (Å²) >= 11 is 1.30. The van der Waals surface area contributed by atoms with Crippen LogP contribution in [-0.4, -0.2) is 58.9 Å². The number of aliphatic carboxylic acids is 1. The Bertz CT molecular complexity index is 1030. The van der Waals surface area contributed by atoms with Crippen LogP contribution in [0.2, 0.25) is 0 Å². The lowest BCUT2D eigenvalue weighted by molar-refractivity contribution is -0.141. The molecule has 0 unspecified atom stereocenters. The van der Waals surface area contributed by atoms with Crippen LogP contribution in [0, 0.1) is 0 Å². The topological polar surface area (TPSA) is 125 Å². The summed E-state index contributed by atoms with van der Waals surface area (Å²) in [6, 6.07) is -1.78. The Hall–Kier alpha value is -1.77. The second kappa shape index (κ2) is 49.7. The van der Waals surface area contributed by atoms with E-state index < -0.39 is 18.1 Å². The summed E-state index contributed by atoms with van der Waals surface area (Å²) in [4.78, 5) is 51.2. The summed E-state index contributed by atoms with van der Waals surface area (Å²) in [5, 5.41) is 18.6. The number of thioether (sulfide) groups is 1. The zero-order valence-electron chi connectivity index (χ0n) is 42.0. The molecule has 0 aromatic heterocycles. The van der Waals surface area contributed by atoms with E-state index in [9.17, 15) is 24.3 Å². The molecule has 0 aliphatic carbocycles. The standard InChI is InChI=1S/C54H105N3O5S/c1-4-7-10-13-16-19-22-25-28-31-34-37-40-43-46-55-53(60)49(56-51(58)44-41-38-35-32-29-26-23-20-17-14-11-8-5-2)47-63-48-50(54(61)62)57-52(59)45-42-39-36-33-30-27-24-21-18-15-12-9-6-3/h49-50H,4-48H2,1-3H3,(H,55,60)(H,56,58)(H,57,59)(H,61,62)/t49-,50-/m0/s1. The lowest BCUT2D eigenvalue weighted by atomic mass is 10.0. The predicted octanol–water partition coefficient (Wildman–Crippen LogP) is 15.3. The molecule has 0 rings (SSSR count). The fourth-order valence-corrected chi connectivity index (χ4v) is 9.52. The van der Waals surface area contributed by atoms with E-state index in [1.165, 1.54) is 217 Å². The third-order valence-electron chi connectivity index (χ3n) is 12.7. The molecule has 9 heteroatoms. The highest BCUT2D eigenvalue weighted by Gasteiger charge is 2.24. The first-order valence-corrected chi connectivity index (χ1v) is 28.7. The maximum atomic E-state index is 13.4. The normalized spacial score (nSPS) is 12.3. The zero-order chi connectivity index (χ0) is 46.1. The number of hydrogen-bond donors (Lipinski definition) is 4. The van der Waals surface area contributed by atoms with Crippen molar-refractivity contribution < 1.29 is 24.3 Å². The van der Waals surface area contributed by atoms with E-state index in [1.54, 1.807) is 0 Å². The summed E-state index contributed by atoms with van der Waals surface area (Å²) < 4.78 is 0. The van der Waals surface area contributed by atoms with Gasteiger partial charge in [-0.25, -0.2) is 4.79 Å². The number of unbranched alkanes of at least 4 members (excludes halogenated alkanes) is 37. The fourth-order valence-electron chi connectivity index (χ4n) is 8.46. The molecule has 2 atom stereocenters. The van der Waals surface area contributed by atoms with Gasteiger partial charge < -0.3 is 21.1 Å². The van der Waals surface area contributed by atoms with Crippen LogP contribution in [0.3, 0.4) is 0 Å². The second-order valence-electron chi connectivity index (χ2n) is 19.0. The van der Waals surface area contributed by atoms with Gasteiger partial charge in [-0.05, 0) is 19.3 Å². The van der Waals surface area contributed by atoms with Crippen molar-refractivity contribution in [3.63, 3.8) is 0 Å². The molecule has 0 radical (unpaired) electrons. The Balaban J connectivity index is 4.60. The number of hydrogen-bond acceptors (Lipinski definition) is 5. The highest BCUT2D eigenvalue weighted by Crippen LogP contribution is 2.16. The monoisotopic (exact) mass is 908 g/mol. The highest BCUT2D eigenvalue weighted by atomic mass is 32.2. The van der Waals surface area contributed by atoms with Crippen molar-refractivity contribution in [1.29, 1.82) is 0 Å². The number of nitrogens with one attached hydrogen (secondary N) is 3. The van der Waals surface area contributed by atoms with Gasteiger partial charge in [-0.2, -0.15) is 11.8 Å². The average Bonchev–Trinajstić information content (AvgIpc) is 3.27. The third-order valence-corrected chi connectivity index (χ3v) is 13.8. The Labute approximate surface area is 394 Å². The lowest BCUT2D eigenvalue weighted by Gasteiger charge is -2.20. The third kappa shape index (κ3) is 45.2. The lowest BCUT2D eigenvalue weighted by Crippen LogP contribution is -2.49. The number of carbonyl (C=O) groups is 4. The summed E-state index contributed by atoms with van der Waals surface area (Å²) in [5.74, 6) is -1.26. The van der Waals surface area contributed by atoms with Crippen LogP contribution in [0.5, 0.6) is 0 Å². The van der Waals surface area contributed by atoms with Crippen molar-refractivity contribution in [3.05, 3.63) is 0 Å². The van der Waals surface area contributed by atoms with Gasteiger partial charge in [-0.1, -0.05) is 258 Å². The first-order chi connectivity index (χ1) is 30.8. The molecule has 3 amide bonds. The summed E-state index contributed by atoms with van der Waals surface area (Å²) in [6.45, 7) is 7.35. The highest BCUT2D eigenvalue weighted by molar-refractivity contribution is 7.99. The van der Waals surface area contributed by atoms with Gasteiger partial charge in [0.1, 0.15) is 12.1 Å². The van der Waals surface area contributed by atoms with Gasteiger partial charge in [0.05, 0.1) is 0 Å². The molecular formula is C54H105N3O5S. The summed E-state index contributed by atoms with van der Waals surface area (Å²) in [6.07, 6.45) is 50.7. The van der Waals surface area contributed by atoms with Gasteiger partial charge >= 0.3 is 5.97 Å². The van der Waals surface area contributed by atoms with E-state index in [4.69, 9.17) is 0 Å². The largest absolute Gasteiger partial charge is 0.480 e. The minimum Gasteiger partial charge on any atom is -0.480 e. The molecule has 0 aromatic rings. The minimum absolute atomic E-state index is 0.129. The Kier molecular flexibility index (Phi) is 48.3. The van der Waals surface area contributed by atoms with Crippen LogP contribution in [0.4, 0.5) is 0 Å². The Morgan fingerprint density at radius 2 is 0.619 bits per heavy atom. The molecule has 0 aromatic carbocycles. The van der Waals surface area contributed by atoms with Crippen LogP contribution in [0.1, 0.15) is 290 Å². The molecular weight excluding hydrogens is 803 g/mol. The molecule has 0 saturated heterocycles. The number of carbonyl (C=O) groups excluding carboxylic acids is 3. The van der Waals surface area contributed by atoms with Crippen LogP contribution >= 0.6 is 11.8 Å². The minimum atomic E-state index is -1.08. The zero-order valence-corrected chi connectivity index (χ0v) is 42.8. The van der Waals surface area contributed by atoms with E-state index >= 15 is 0 Å². The number of carboxylic acids is 1. The summed E-state index contributed by atoms with van der Waals surface area (Å²) in [7, 11) is 0. The second-order valence-corrected chi connectivity index (χ2v) is 20.1. The molecule has 0 spiro atoms. The number of rotatable bonds is 51. The van der Waals surface area contributed by atoms with Gasteiger partial charge in [0, 0.05) is 30.9 Å². The molecule has 0 saturated carbocycles. The maximum absolute atomic E-state index is 13.4. The van der Waals surface area contributed by atoms with Crippen LogP contribution < -0.4 is 16.0 Å². The SMILES string of the molecule is CCCCCCCCCCCCCCCCNC(=O)[C@H](CSC[C@H](NC(=O)CCCCCCCCCCCCCCC)C(=O)O)NC(=O)CCCCCCCCCCCCCCC. The number of amides is 3. The molecule has 0 bridgehead atoms. The van der Waals surface area contributed by atoms with E-state index in [2.05, 4.69) is 36.7 Å². The van der Waals surface area contributed by atoms with Gasteiger partial charge in [0.15, 0.2) is 0 Å². The Morgan fingerprint density at radius 3 is 0.921 bits per heavy atom. The van der Waals surface area contributed by atoms with Crippen molar-refractivity contribution in [2.75, 3.05) is 18.1 Å². The van der Waals surface area contributed by atoms with Crippen molar-refractivity contribution >= 4 is 35.5 Å². The Morgan fingerprint density at radius 1 is 0.365 bits per heavy atom. The maximum Gasteiger partial charge on any atom is 0.327 e. The van der Waals surface area contributed by atoms with Crippen LogP contribution in [0.25, 0.3) is 0 Å². The molecule has 4 N–H and O–H groups in total. The van der Waals surface area contributed by atoms with E-state index in [0.29, 0.717) is 19.4 Å². The number of carboxylic acid groups (broad SMARTS) is 1. The molecule has 0 fully saturated rings. The van der Waals surface area contributed by atoms with Crippen molar-refractivity contribution in [2.24, 2.45) is 0 Å². The van der Waals surface area contributed by atoms with Gasteiger partial charge in [0.25, 0.3) is 0 Å². The van der Waals surface area contributed by atoms with Crippen LogP contribution in [-0.2, 0) is 19.2 Å². The van der Waals surface area contributed by atoms with Gasteiger partial charge in [-0.3, -0.25) is 14.4 Å². The first kappa shape index (κ1) is 61.2. The van der Waals surface area contributed by atoms with E-state index in [-0.39, 0.29) is 29.2 Å². The smallest absolute Gasteiger partial charge is 0.327 e. The van der Waals surface area contributed by atoms with Crippen molar-refractivity contribution in [3.8, 4) is 0 Å².